The lowest BCUT2D eigenvalue weighted by molar-refractivity contribution is 0.255. The van der Waals surface area contributed by atoms with Crippen LogP contribution in [0.3, 0.4) is 0 Å². The van der Waals surface area contributed by atoms with E-state index in [-0.39, 0.29) is 0 Å². The molecule has 2 rings (SSSR count). The Morgan fingerprint density at radius 3 is 2.84 bits per heavy atom. The molecule has 1 saturated heterocycles. The van der Waals surface area contributed by atoms with Crippen molar-refractivity contribution in [3.8, 4) is 0 Å². The van der Waals surface area contributed by atoms with E-state index in [1.807, 2.05) is 0 Å². The first-order valence-electron chi connectivity index (χ1n) is 7.18. The lowest BCUT2D eigenvalue weighted by atomic mass is 10.3. The van der Waals surface area contributed by atoms with E-state index in [1.54, 1.807) is 11.3 Å². The van der Waals surface area contributed by atoms with Gasteiger partial charge < -0.3 is 9.80 Å². The fourth-order valence-electron chi connectivity index (χ4n) is 2.46. The molecule has 5 heteroatoms. The van der Waals surface area contributed by atoms with Gasteiger partial charge in [-0.1, -0.05) is 0 Å². The first kappa shape index (κ1) is 15.2. The van der Waals surface area contributed by atoms with Crippen LogP contribution in [-0.4, -0.2) is 54.6 Å². The fourth-order valence-corrected chi connectivity index (χ4v) is 3.52. The number of likely N-dealkylation sites (N-methyl/N-ethyl adjacent to an activating group) is 1. The van der Waals surface area contributed by atoms with Crippen LogP contribution in [0.25, 0.3) is 0 Å². The van der Waals surface area contributed by atoms with Gasteiger partial charge >= 0.3 is 0 Å². The molecule has 0 atom stereocenters. The van der Waals surface area contributed by atoms with Crippen LogP contribution in [0, 0.1) is 0 Å². The predicted molar refractivity (Wildman–Crippen MR) is 83.2 cm³/mol. The molecule has 1 aliphatic rings. The summed E-state index contributed by atoms with van der Waals surface area (Å²) in [6.45, 7) is 6.17. The predicted octanol–water partition coefficient (Wildman–Crippen LogP) is 2.84. The Balaban J connectivity index is 1.56. The topological polar surface area (TPSA) is 19.4 Å². The number of aryl methyl sites for hydroxylation is 1. The first-order chi connectivity index (χ1) is 9.28. The van der Waals surface area contributed by atoms with E-state index in [1.165, 1.54) is 50.4 Å². The molecule has 1 aromatic rings. The minimum atomic E-state index is 0.534. The van der Waals surface area contributed by atoms with Crippen molar-refractivity contribution in [2.24, 2.45) is 0 Å². The molecule has 0 spiro atoms. The van der Waals surface area contributed by atoms with Gasteiger partial charge in [0.1, 0.15) is 0 Å². The third-order valence-corrected chi connectivity index (χ3v) is 4.89. The maximum atomic E-state index is 5.76. The van der Waals surface area contributed by atoms with Gasteiger partial charge in [0.25, 0.3) is 0 Å². The molecular formula is C14H24ClN3S. The van der Waals surface area contributed by atoms with E-state index in [2.05, 4.69) is 27.2 Å². The minimum absolute atomic E-state index is 0.534. The molecular weight excluding hydrogens is 278 g/mol. The van der Waals surface area contributed by atoms with E-state index in [4.69, 9.17) is 11.6 Å². The number of hydrogen-bond donors (Lipinski definition) is 0. The molecule has 0 radical (unpaired) electrons. The molecule has 0 saturated carbocycles. The summed E-state index contributed by atoms with van der Waals surface area (Å²) in [5.74, 6) is 0.534. The largest absolute Gasteiger partial charge is 0.305 e. The van der Waals surface area contributed by atoms with Crippen LogP contribution in [0.1, 0.15) is 30.0 Å². The Morgan fingerprint density at radius 1 is 1.37 bits per heavy atom. The highest BCUT2D eigenvalue weighted by atomic mass is 35.5. The van der Waals surface area contributed by atoms with E-state index in [9.17, 15) is 0 Å². The number of alkyl halides is 1. The van der Waals surface area contributed by atoms with Gasteiger partial charge in [-0.15, -0.1) is 22.9 Å². The molecule has 0 aliphatic carbocycles. The lowest BCUT2D eigenvalue weighted by Crippen LogP contribution is -2.32. The number of hydrogen-bond acceptors (Lipinski definition) is 4. The zero-order valence-corrected chi connectivity index (χ0v) is 13.3. The van der Waals surface area contributed by atoms with Gasteiger partial charge in [-0.25, -0.2) is 4.98 Å². The summed E-state index contributed by atoms with van der Waals surface area (Å²) in [6, 6.07) is 0. The second-order valence-corrected chi connectivity index (χ2v) is 6.53. The molecule has 0 aromatic carbocycles. The van der Waals surface area contributed by atoms with Gasteiger partial charge in [-0.05, 0) is 45.9 Å². The molecule has 3 nitrogen and oxygen atoms in total. The second-order valence-electron chi connectivity index (χ2n) is 5.32. The molecule has 1 aliphatic heterocycles. The lowest BCUT2D eigenvalue weighted by Gasteiger charge is -2.21. The Hall–Kier alpha value is -0.160. The standard InChI is InChI=1S/C14H24ClN3S/c1-17(9-10-18-7-2-3-8-18)6-4-5-14-16-13(11-15)12-19-14/h12H,2-11H2,1H3. The highest BCUT2D eigenvalue weighted by molar-refractivity contribution is 7.09. The minimum Gasteiger partial charge on any atom is -0.305 e. The van der Waals surface area contributed by atoms with Crippen LogP contribution in [0.4, 0.5) is 0 Å². The zero-order chi connectivity index (χ0) is 13.5. The number of likely N-dealkylation sites (tertiary alicyclic amines) is 1. The number of halogens is 1. The zero-order valence-electron chi connectivity index (χ0n) is 11.8. The SMILES string of the molecule is CN(CCCc1nc(CCl)cs1)CCN1CCCC1. The molecule has 108 valence electrons. The monoisotopic (exact) mass is 301 g/mol. The van der Waals surface area contributed by atoms with Crippen molar-refractivity contribution in [3.05, 3.63) is 16.1 Å². The molecule has 19 heavy (non-hydrogen) atoms. The third-order valence-electron chi connectivity index (χ3n) is 3.66. The fraction of sp³-hybridized carbons (Fsp3) is 0.786. The summed E-state index contributed by atoms with van der Waals surface area (Å²) in [6.07, 6.45) is 5.04. The van der Waals surface area contributed by atoms with Gasteiger partial charge in [0, 0.05) is 24.9 Å². The van der Waals surface area contributed by atoms with Crippen molar-refractivity contribution < 1.29 is 0 Å². The molecule has 0 amide bonds. The van der Waals surface area contributed by atoms with Crippen LogP contribution in [0.2, 0.25) is 0 Å². The van der Waals surface area contributed by atoms with Gasteiger partial charge in [0.05, 0.1) is 16.6 Å². The van der Waals surface area contributed by atoms with Gasteiger partial charge in [-0.2, -0.15) is 0 Å². The van der Waals surface area contributed by atoms with Crippen molar-refractivity contribution in [1.82, 2.24) is 14.8 Å². The van der Waals surface area contributed by atoms with Crippen molar-refractivity contribution >= 4 is 22.9 Å². The van der Waals surface area contributed by atoms with Crippen LogP contribution in [0.5, 0.6) is 0 Å². The summed E-state index contributed by atoms with van der Waals surface area (Å²) in [5, 5.41) is 3.29. The number of thiazole rings is 1. The van der Waals surface area contributed by atoms with Crippen molar-refractivity contribution in [2.75, 3.05) is 39.8 Å². The van der Waals surface area contributed by atoms with E-state index in [0.717, 1.165) is 18.7 Å². The van der Waals surface area contributed by atoms with E-state index < -0.39 is 0 Å². The summed E-state index contributed by atoms with van der Waals surface area (Å²) in [7, 11) is 2.22. The van der Waals surface area contributed by atoms with Crippen LogP contribution in [-0.2, 0) is 12.3 Å². The van der Waals surface area contributed by atoms with Crippen molar-refractivity contribution in [3.63, 3.8) is 0 Å². The Morgan fingerprint density at radius 2 is 2.16 bits per heavy atom. The average molecular weight is 302 g/mol. The third kappa shape index (κ3) is 5.38. The van der Waals surface area contributed by atoms with Crippen LogP contribution in [0.15, 0.2) is 5.38 Å². The average Bonchev–Trinajstić information content (AvgIpc) is 3.07. The molecule has 2 heterocycles. The quantitative estimate of drug-likeness (QED) is 0.688. The highest BCUT2D eigenvalue weighted by Crippen LogP contribution is 2.13. The van der Waals surface area contributed by atoms with Gasteiger partial charge in [0.15, 0.2) is 0 Å². The first-order valence-corrected chi connectivity index (χ1v) is 8.59. The Bertz CT molecular complexity index is 363. The van der Waals surface area contributed by atoms with Crippen molar-refractivity contribution in [2.45, 2.75) is 31.6 Å². The van der Waals surface area contributed by atoms with Crippen LogP contribution >= 0.6 is 22.9 Å². The molecule has 1 fully saturated rings. The second kappa shape index (κ2) is 8.20. The van der Waals surface area contributed by atoms with E-state index >= 15 is 0 Å². The van der Waals surface area contributed by atoms with Crippen LogP contribution < -0.4 is 0 Å². The highest BCUT2D eigenvalue weighted by Gasteiger charge is 2.11. The molecule has 1 aromatic heterocycles. The van der Waals surface area contributed by atoms with Gasteiger partial charge in [-0.3, -0.25) is 0 Å². The maximum absolute atomic E-state index is 5.76. The summed E-state index contributed by atoms with van der Waals surface area (Å²) < 4.78 is 0. The molecule has 0 N–H and O–H groups in total. The number of nitrogens with zero attached hydrogens (tertiary/aromatic N) is 3. The Labute approximate surface area is 125 Å². The normalized spacial score (nSPS) is 16.6. The number of aromatic nitrogens is 1. The summed E-state index contributed by atoms with van der Waals surface area (Å²) in [4.78, 5) is 9.51. The summed E-state index contributed by atoms with van der Waals surface area (Å²) in [5.41, 5.74) is 1.02. The molecule has 0 bridgehead atoms. The number of rotatable bonds is 8. The van der Waals surface area contributed by atoms with E-state index in [0.29, 0.717) is 5.88 Å². The maximum Gasteiger partial charge on any atom is 0.0929 e. The smallest absolute Gasteiger partial charge is 0.0929 e. The van der Waals surface area contributed by atoms with Gasteiger partial charge in [0.2, 0.25) is 0 Å². The Kier molecular flexibility index (Phi) is 6.57. The molecule has 0 unspecified atom stereocenters. The van der Waals surface area contributed by atoms with Crippen molar-refractivity contribution in [1.29, 1.82) is 0 Å². The summed E-state index contributed by atoms with van der Waals surface area (Å²) >= 11 is 7.50.